The van der Waals surface area contributed by atoms with E-state index in [2.05, 4.69) is 52.1 Å². The largest absolute Gasteiger partial charge is 0.344 e. The molecule has 0 aliphatic heterocycles. The van der Waals surface area contributed by atoms with Crippen LogP contribution in [0.25, 0.3) is 10.9 Å². The highest BCUT2D eigenvalue weighted by Gasteiger charge is 2.12. The Labute approximate surface area is 145 Å². The molecule has 3 aromatic rings. The Bertz CT molecular complexity index is 936. The molecule has 5 nitrogen and oxygen atoms in total. The topological polar surface area (TPSA) is 59.3 Å². The minimum atomic E-state index is 0.0314. The number of nitrogens with one attached hydrogen (secondary N) is 1. The summed E-state index contributed by atoms with van der Waals surface area (Å²) in [5, 5.41) is 6.15. The predicted octanol–water partition coefficient (Wildman–Crippen LogP) is 4.38. The number of nitrogens with zero attached hydrogens (tertiary/aromatic N) is 3. The van der Waals surface area contributed by atoms with E-state index in [9.17, 15) is 4.79 Å². The first-order chi connectivity index (χ1) is 11.5. The van der Waals surface area contributed by atoms with Gasteiger partial charge in [0.2, 0.25) is 5.13 Å². The number of hydrogen-bond donors (Lipinski definition) is 1. The number of para-hydroxylation sites is 1. The maximum atomic E-state index is 11.5. The Hall–Kier alpha value is -2.47. The number of rotatable bonds is 5. The third-order valence-electron chi connectivity index (χ3n) is 4.07. The average Bonchev–Trinajstić information content (AvgIpc) is 3.06. The van der Waals surface area contributed by atoms with Crippen molar-refractivity contribution in [3.05, 3.63) is 46.1 Å². The molecule has 1 N–H and O–H groups in total. The highest BCUT2D eigenvalue weighted by atomic mass is 32.1. The molecule has 0 aliphatic rings. The van der Waals surface area contributed by atoms with Crippen molar-refractivity contribution in [2.45, 2.75) is 34.2 Å². The maximum Gasteiger partial charge on any atom is 0.204 e. The number of Topliss-reactive ketones (excluding diaryl/α,β-unsaturated/α-hetero) is 1. The van der Waals surface area contributed by atoms with Crippen molar-refractivity contribution in [2.24, 2.45) is 5.10 Å². The van der Waals surface area contributed by atoms with E-state index in [-0.39, 0.29) is 5.78 Å². The molecule has 24 heavy (non-hydrogen) atoms. The highest BCUT2D eigenvalue weighted by molar-refractivity contribution is 7.17. The van der Waals surface area contributed by atoms with Crippen LogP contribution in [0.4, 0.5) is 5.13 Å². The Morgan fingerprint density at radius 3 is 2.79 bits per heavy atom. The van der Waals surface area contributed by atoms with Gasteiger partial charge in [-0.05, 0) is 26.8 Å². The molecule has 0 saturated carbocycles. The summed E-state index contributed by atoms with van der Waals surface area (Å²) in [6.07, 6.45) is 1.83. The lowest BCUT2D eigenvalue weighted by Gasteiger charge is -2.03. The zero-order valence-electron chi connectivity index (χ0n) is 14.3. The summed E-state index contributed by atoms with van der Waals surface area (Å²) in [7, 11) is 0. The van der Waals surface area contributed by atoms with E-state index in [0.29, 0.717) is 10.0 Å². The number of thiazole rings is 1. The summed E-state index contributed by atoms with van der Waals surface area (Å²) >= 11 is 1.33. The van der Waals surface area contributed by atoms with Gasteiger partial charge in [0, 0.05) is 35.6 Å². The van der Waals surface area contributed by atoms with E-state index in [4.69, 9.17) is 0 Å². The smallest absolute Gasteiger partial charge is 0.204 e. The summed E-state index contributed by atoms with van der Waals surface area (Å²) < 4.78 is 2.28. The fraction of sp³-hybridized carbons (Fsp3) is 0.278. The fourth-order valence-electron chi connectivity index (χ4n) is 2.95. The third-order valence-corrected chi connectivity index (χ3v) is 5.23. The molecule has 2 aromatic heterocycles. The van der Waals surface area contributed by atoms with Crippen molar-refractivity contribution in [3.63, 3.8) is 0 Å². The van der Waals surface area contributed by atoms with Crippen LogP contribution in [0.3, 0.4) is 0 Å². The van der Waals surface area contributed by atoms with Gasteiger partial charge in [0.25, 0.3) is 0 Å². The van der Waals surface area contributed by atoms with Crippen molar-refractivity contribution in [2.75, 3.05) is 5.43 Å². The summed E-state index contributed by atoms with van der Waals surface area (Å²) in [4.78, 5) is 16.5. The molecule has 0 unspecified atom stereocenters. The van der Waals surface area contributed by atoms with Gasteiger partial charge in [-0.2, -0.15) is 5.10 Å². The maximum absolute atomic E-state index is 11.5. The van der Waals surface area contributed by atoms with Crippen LogP contribution >= 0.6 is 11.3 Å². The zero-order valence-corrected chi connectivity index (χ0v) is 15.1. The molecule has 0 saturated heterocycles. The van der Waals surface area contributed by atoms with E-state index in [1.807, 2.05) is 19.2 Å². The number of aryl methyl sites for hydroxylation is 2. The molecule has 6 heteroatoms. The van der Waals surface area contributed by atoms with Gasteiger partial charge in [0.15, 0.2) is 5.78 Å². The molecular formula is C18H20N4OS. The lowest BCUT2D eigenvalue weighted by Crippen LogP contribution is -1.97. The summed E-state index contributed by atoms with van der Waals surface area (Å²) in [5.41, 5.74) is 7.18. The second-order valence-electron chi connectivity index (χ2n) is 5.62. The summed E-state index contributed by atoms with van der Waals surface area (Å²) in [6.45, 7) is 8.55. The lowest BCUT2D eigenvalue weighted by molar-refractivity contribution is 0.102. The van der Waals surface area contributed by atoms with Gasteiger partial charge in [-0.3, -0.25) is 10.2 Å². The second-order valence-corrected chi connectivity index (χ2v) is 6.62. The first-order valence-electron chi connectivity index (χ1n) is 7.88. The standard InChI is InChI=1S/C18H20N4OS/c1-5-22-12(3)15(14-8-6-7-9-16(14)22)10-19-21-18-20-11(2)17(24-18)13(4)23/h6-10H,5H2,1-4H3,(H,20,21)/b19-10-. The van der Waals surface area contributed by atoms with Crippen LogP contribution in [0.5, 0.6) is 0 Å². The number of hydrazone groups is 1. The van der Waals surface area contributed by atoms with E-state index in [1.165, 1.54) is 27.9 Å². The van der Waals surface area contributed by atoms with Crippen LogP contribution in [-0.2, 0) is 6.54 Å². The van der Waals surface area contributed by atoms with Crippen LogP contribution in [0.2, 0.25) is 0 Å². The molecule has 0 radical (unpaired) electrons. The number of fused-ring (bicyclic) bond motifs is 1. The molecule has 124 valence electrons. The van der Waals surface area contributed by atoms with Crippen LogP contribution in [-0.4, -0.2) is 21.5 Å². The SMILES string of the molecule is CCn1c(C)c(/C=N\Nc2nc(C)c(C(C)=O)s2)c2ccccc21. The molecule has 0 aliphatic carbocycles. The number of carbonyl (C=O) groups excluding carboxylic acids is 1. The van der Waals surface area contributed by atoms with E-state index < -0.39 is 0 Å². The highest BCUT2D eigenvalue weighted by Crippen LogP contribution is 2.25. The Morgan fingerprint density at radius 2 is 2.12 bits per heavy atom. The van der Waals surface area contributed by atoms with Crippen molar-refractivity contribution in [1.29, 1.82) is 0 Å². The molecule has 0 bridgehead atoms. The van der Waals surface area contributed by atoms with E-state index in [0.717, 1.165) is 17.8 Å². The molecule has 1 aromatic carbocycles. The van der Waals surface area contributed by atoms with Crippen LogP contribution in [0.15, 0.2) is 29.4 Å². The Morgan fingerprint density at radius 1 is 1.38 bits per heavy atom. The number of carbonyl (C=O) groups is 1. The Kier molecular flexibility index (Phi) is 4.49. The number of hydrogen-bond acceptors (Lipinski definition) is 5. The average molecular weight is 340 g/mol. The molecule has 0 atom stereocenters. The van der Waals surface area contributed by atoms with Gasteiger partial charge in [-0.15, -0.1) is 0 Å². The van der Waals surface area contributed by atoms with Crippen molar-refractivity contribution in [1.82, 2.24) is 9.55 Å². The molecule has 0 fully saturated rings. The minimum Gasteiger partial charge on any atom is -0.344 e. The van der Waals surface area contributed by atoms with Crippen molar-refractivity contribution < 1.29 is 4.79 Å². The molecule has 0 amide bonds. The molecular weight excluding hydrogens is 320 g/mol. The zero-order chi connectivity index (χ0) is 17.3. The Balaban J connectivity index is 1.90. The number of ketones is 1. The monoisotopic (exact) mass is 340 g/mol. The second kappa shape index (κ2) is 6.57. The normalized spacial score (nSPS) is 11.5. The van der Waals surface area contributed by atoms with E-state index >= 15 is 0 Å². The van der Waals surface area contributed by atoms with E-state index in [1.54, 1.807) is 6.92 Å². The van der Waals surface area contributed by atoms with Gasteiger partial charge < -0.3 is 4.57 Å². The fourth-order valence-corrected chi connectivity index (χ4v) is 3.76. The molecule has 0 spiro atoms. The summed E-state index contributed by atoms with van der Waals surface area (Å²) in [6, 6.07) is 8.32. The first kappa shape index (κ1) is 16.4. The van der Waals surface area contributed by atoms with Crippen LogP contribution in [0.1, 0.15) is 40.5 Å². The number of aromatic nitrogens is 2. The molecule has 2 heterocycles. The quantitative estimate of drug-likeness (QED) is 0.426. The lowest BCUT2D eigenvalue weighted by atomic mass is 10.1. The van der Waals surface area contributed by atoms with Gasteiger partial charge >= 0.3 is 0 Å². The van der Waals surface area contributed by atoms with Gasteiger partial charge in [-0.1, -0.05) is 29.5 Å². The molecule has 3 rings (SSSR count). The van der Waals surface area contributed by atoms with Gasteiger partial charge in [-0.25, -0.2) is 4.98 Å². The first-order valence-corrected chi connectivity index (χ1v) is 8.69. The van der Waals surface area contributed by atoms with Crippen molar-refractivity contribution >= 4 is 39.4 Å². The van der Waals surface area contributed by atoms with Crippen LogP contribution < -0.4 is 5.43 Å². The summed E-state index contributed by atoms with van der Waals surface area (Å²) in [5.74, 6) is 0.0314. The van der Waals surface area contributed by atoms with Crippen molar-refractivity contribution in [3.8, 4) is 0 Å². The minimum absolute atomic E-state index is 0.0314. The predicted molar refractivity (Wildman–Crippen MR) is 100 cm³/mol. The number of anilines is 1. The third kappa shape index (κ3) is 2.85. The van der Waals surface area contributed by atoms with Gasteiger partial charge in [0.1, 0.15) is 0 Å². The van der Waals surface area contributed by atoms with Gasteiger partial charge in [0.05, 0.1) is 16.8 Å². The van der Waals surface area contributed by atoms with Crippen LogP contribution in [0, 0.1) is 13.8 Å². The number of benzene rings is 1.